The average Bonchev–Trinajstić information content (AvgIpc) is 0.787. The Kier molecular flexibility index (Phi) is 28.8. The second-order valence-corrected chi connectivity index (χ2v) is 25.6. The highest BCUT2D eigenvalue weighted by molar-refractivity contribution is 5.21. The van der Waals surface area contributed by atoms with Gasteiger partial charge >= 0.3 is 0 Å². The van der Waals surface area contributed by atoms with Gasteiger partial charge in [-0.2, -0.15) is 0 Å². The molecule has 3 aliphatic heterocycles. The van der Waals surface area contributed by atoms with Crippen LogP contribution in [0.1, 0.15) is 62.9 Å². The summed E-state index contributed by atoms with van der Waals surface area (Å²) < 4.78 is 100. The molecule has 0 radical (unpaired) electrons. The van der Waals surface area contributed by atoms with Gasteiger partial charge in [-0.1, -0.05) is 278 Å². The van der Waals surface area contributed by atoms with Gasteiger partial charge in [0.25, 0.3) is 0 Å². The Morgan fingerprint density at radius 1 is 0.275 bits per heavy atom. The fraction of sp³-hybridized carbons (Fsp3) is 0.357. The molecular weight excluding hydrogens is 1290 g/mol. The smallest absolute Gasteiger partial charge is 0.187 e. The van der Waals surface area contributed by atoms with E-state index in [-0.39, 0.29) is 79.2 Å². The fourth-order valence-corrected chi connectivity index (χ4v) is 13.1. The third-order valence-corrected chi connectivity index (χ3v) is 18.3. The molecule has 102 heavy (non-hydrogen) atoms. The molecule has 0 unspecified atom stereocenters. The number of nitrogens with zero attached hydrogens (tertiary/aromatic N) is 3. The molecule has 3 saturated heterocycles. The summed E-state index contributed by atoms with van der Waals surface area (Å²) in [7, 11) is 0. The van der Waals surface area contributed by atoms with Crippen LogP contribution < -0.4 is 0 Å². The summed E-state index contributed by atoms with van der Waals surface area (Å²) in [6, 6.07) is 89.4. The lowest BCUT2D eigenvalue weighted by molar-refractivity contribution is -0.357. The van der Waals surface area contributed by atoms with Gasteiger partial charge in [0, 0.05) is 11.5 Å². The van der Waals surface area contributed by atoms with Crippen LogP contribution in [0.3, 0.4) is 0 Å². The lowest BCUT2D eigenvalue weighted by Gasteiger charge is -2.49. The molecule has 1 N–H and O–H groups in total. The van der Waals surface area contributed by atoms with Crippen LogP contribution in [0.2, 0.25) is 0 Å². The maximum Gasteiger partial charge on any atom is 0.187 e. The molecule has 18 heteroatoms. The Bertz CT molecular complexity index is 3810. The van der Waals surface area contributed by atoms with E-state index in [2.05, 4.69) is 10.0 Å². The van der Waals surface area contributed by atoms with Crippen molar-refractivity contribution in [1.29, 1.82) is 0 Å². The van der Waals surface area contributed by atoms with Crippen molar-refractivity contribution in [2.75, 3.05) is 26.4 Å². The molecule has 18 nitrogen and oxygen atoms in total. The molecule has 9 aromatic carbocycles. The summed E-state index contributed by atoms with van der Waals surface area (Å²) in [5, 5.41) is 15.4. The minimum atomic E-state index is -1.21. The zero-order chi connectivity index (χ0) is 69.6. The minimum Gasteiger partial charge on any atom is -0.394 e. The Labute approximate surface area is 597 Å². The quantitative estimate of drug-likeness (QED) is 0.0166. The van der Waals surface area contributed by atoms with Gasteiger partial charge in [0.05, 0.1) is 85.4 Å². The lowest BCUT2D eigenvalue weighted by Crippen LogP contribution is -2.64. The number of hydrogen-bond donors (Lipinski definition) is 1. The van der Waals surface area contributed by atoms with Crippen molar-refractivity contribution in [1.82, 2.24) is 0 Å². The molecular formula is C84H91N3O15. The van der Waals surface area contributed by atoms with Crippen LogP contribution >= 0.6 is 0 Å². The normalized spacial score (nSPS) is 24.9. The molecule has 0 spiro atoms. The van der Waals surface area contributed by atoms with Crippen molar-refractivity contribution < 1.29 is 71.4 Å². The Hall–Kier alpha value is -8.31. The van der Waals surface area contributed by atoms with Crippen molar-refractivity contribution in [3.63, 3.8) is 0 Å². The van der Waals surface area contributed by atoms with E-state index in [4.69, 9.17) is 66.3 Å². The molecule has 0 aliphatic carbocycles. The summed E-state index contributed by atoms with van der Waals surface area (Å²) in [6.07, 6.45) is -12.5. The molecule has 15 atom stereocenters. The first-order valence-electron chi connectivity index (χ1n) is 35.2. The van der Waals surface area contributed by atoms with Crippen molar-refractivity contribution in [2.24, 2.45) is 5.11 Å². The van der Waals surface area contributed by atoms with Gasteiger partial charge in [-0.15, -0.1) is 0 Å². The average molecular weight is 1380 g/mol. The molecule has 3 heterocycles. The molecule has 12 rings (SSSR count). The molecule has 0 bridgehead atoms. The number of ether oxygens (including phenoxy) is 14. The summed E-state index contributed by atoms with van der Waals surface area (Å²) in [5.41, 5.74) is 17.8. The Morgan fingerprint density at radius 2 is 0.500 bits per heavy atom. The highest BCUT2D eigenvalue weighted by Crippen LogP contribution is 2.38. The van der Waals surface area contributed by atoms with E-state index in [0.29, 0.717) is 12.8 Å². The van der Waals surface area contributed by atoms with Gasteiger partial charge in [-0.3, -0.25) is 0 Å². The van der Waals surface area contributed by atoms with E-state index >= 15 is 0 Å². The van der Waals surface area contributed by atoms with Gasteiger partial charge in [0.1, 0.15) is 73.2 Å². The first-order chi connectivity index (χ1) is 50.5. The molecule has 3 aliphatic rings. The van der Waals surface area contributed by atoms with Crippen LogP contribution in [0.15, 0.2) is 278 Å². The van der Waals surface area contributed by atoms with Crippen LogP contribution in [0.4, 0.5) is 0 Å². The van der Waals surface area contributed by atoms with E-state index in [0.717, 1.165) is 50.1 Å². The predicted molar refractivity (Wildman–Crippen MR) is 383 cm³/mol. The van der Waals surface area contributed by atoms with E-state index < -0.39 is 98.5 Å². The van der Waals surface area contributed by atoms with Gasteiger partial charge < -0.3 is 71.4 Å². The molecule has 0 amide bonds. The van der Waals surface area contributed by atoms with Crippen LogP contribution in [-0.2, 0) is 126 Å². The standard InChI is InChI=1S/C84H91N3O15/c85-87-86-48-28-47-70-74(89-50-61-29-10-1-11-30-61)78(93-54-65-37-18-5-19-38-65)76(91-52-63-33-14-3-15-34-63)72(100-70)59-98-84-82(97-58-69-45-26-9-27-46-69)80(95-56-67-41-22-7-23-42-67)77(92-53-64-35-16-4-17-36-64)73(102-84)60-99-83-81(96-57-68-43-24-8-25-44-68)79(94-55-66-39-20-6-21-40-66)75(71(49-88)101-83)90-51-62-31-12-2-13-32-62/h1-27,29-46,70-84,88H,28,47-60H2/t70-,71+,72+,73+,74-,75+,76+,77+,78+,79-,80-,81+,82+,83+,84+/m0/s1. The van der Waals surface area contributed by atoms with Crippen LogP contribution in [0, 0.1) is 0 Å². The third-order valence-electron chi connectivity index (χ3n) is 18.3. The SMILES string of the molecule is [N-]=[N+]=NCCC[C@@H]1O[C@H](CO[C@@H]2O[C@H](CO[C@@H]3O[C@H](CO)[C@@H](OCc4ccccc4)[C@H](OCc4ccccc4)[C@H]3OCc3ccccc3)[C@@H](OCc3ccccc3)[C@H](OCc3ccccc3)[C@H]2OCc2ccccc2)[C@@H](OCc2ccccc2)[C@H](OCc2ccccc2)[C@H]1OCc1ccccc1. The van der Waals surface area contributed by atoms with Crippen molar-refractivity contribution in [2.45, 2.75) is 164 Å². The van der Waals surface area contributed by atoms with E-state index in [1.165, 1.54) is 0 Å². The number of aliphatic hydroxyl groups excluding tert-OH is 1. The number of azide groups is 1. The maximum absolute atomic E-state index is 11.4. The lowest BCUT2D eigenvalue weighted by atomic mass is 9.91. The van der Waals surface area contributed by atoms with Gasteiger partial charge in [-0.25, -0.2) is 0 Å². The first-order valence-corrected chi connectivity index (χ1v) is 35.2. The number of rotatable bonds is 38. The molecule has 0 aromatic heterocycles. The summed E-state index contributed by atoms with van der Waals surface area (Å²) in [4.78, 5) is 3.08. The Morgan fingerprint density at radius 3 is 0.775 bits per heavy atom. The second kappa shape index (κ2) is 39.9. The minimum absolute atomic E-state index is 0.114. The van der Waals surface area contributed by atoms with Gasteiger partial charge in [-0.05, 0) is 68.4 Å². The van der Waals surface area contributed by atoms with Crippen molar-refractivity contribution >= 4 is 0 Å². The summed E-state index contributed by atoms with van der Waals surface area (Å²) in [5.74, 6) is 0. The van der Waals surface area contributed by atoms with E-state index in [9.17, 15) is 10.6 Å². The topological polar surface area (TPSA) is 198 Å². The molecule has 0 saturated carbocycles. The van der Waals surface area contributed by atoms with Crippen LogP contribution in [-0.4, -0.2) is 123 Å². The van der Waals surface area contributed by atoms with Gasteiger partial charge in [0.15, 0.2) is 12.6 Å². The van der Waals surface area contributed by atoms with E-state index in [1.807, 2.05) is 273 Å². The zero-order valence-electron chi connectivity index (χ0n) is 57.3. The highest BCUT2D eigenvalue weighted by atomic mass is 16.8. The van der Waals surface area contributed by atoms with Crippen molar-refractivity contribution in [3.05, 3.63) is 334 Å². The number of aliphatic hydroxyl groups is 1. The van der Waals surface area contributed by atoms with Crippen molar-refractivity contribution in [3.8, 4) is 0 Å². The monoisotopic (exact) mass is 1380 g/mol. The van der Waals surface area contributed by atoms with E-state index in [1.54, 1.807) is 0 Å². The number of hydrogen-bond acceptors (Lipinski definition) is 16. The van der Waals surface area contributed by atoms with Crippen LogP contribution in [0.25, 0.3) is 10.4 Å². The fourth-order valence-electron chi connectivity index (χ4n) is 13.1. The van der Waals surface area contributed by atoms with Crippen LogP contribution in [0.5, 0.6) is 0 Å². The Balaban J connectivity index is 0.923. The highest BCUT2D eigenvalue weighted by Gasteiger charge is 2.54. The maximum atomic E-state index is 11.4. The second-order valence-electron chi connectivity index (χ2n) is 25.6. The third kappa shape index (κ3) is 21.6. The van der Waals surface area contributed by atoms with Gasteiger partial charge in [0.2, 0.25) is 0 Å². The summed E-state index contributed by atoms with van der Waals surface area (Å²) >= 11 is 0. The number of benzene rings is 9. The zero-order valence-corrected chi connectivity index (χ0v) is 57.3. The predicted octanol–water partition coefficient (Wildman–Crippen LogP) is 14.6. The molecule has 532 valence electrons. The first kappa shape index (κ1) is 73.4. The largest absolute Gasteiger partial charge is 0.394 e. The molecule has 9 aromatic rings. The summed E-state index contributed by atoms with van der Waals surface area (Å²) in [6.45, 7) is 1.23. The molecule has 3 fully saturated rings.